The first-order valence-corrected chi connectivity index (χ1v) is 8.51. The van der Waals surface area contributed by atoms with Crippen molar-refractivity contribution >= 4 is 23.9 Å². The molecule has 0 aliphatic rings. The summed E-state index contributed by atoms with van der Waals surface area (Å²) in [4.78, 5) is 44.2. The molecule has 9 nitrogen and oxygen atoms in total. The monoisotopic (exact) mass is 404 g/mol. The lowest BCUT2D eigenvalue weighted by molar-refractivity contribution is 0.0651. The Morgan fingerprint density at radius 3 is 1.17 bits per heavy atom. The van der Waals surface area contributed by atoms with E-state index in [1.165, 1.54) is 25.0 Å². The maximum atomic E-state index is 11.1. The summed E-state index contributed by atoms with van der Waals surface area (Å²) in [6, 6.07) is 6.40. The van der Waals surface area contributed by atoms with Gasteiger partial charge in [0.25, 0.3) is 0 Å². The van der Waals surface area contributed by atoms with Crippen LogP contribution < -0.4 is 4.74 Å². The van der Waals surface area contributed by atoms with Crippen molar-refractivity contribution in [2.45, 2.75) is 26.7 Å². The Bertz CT molecular complexity index is 856. The fourth-order valence-electron chi connectivity index (χ4n) is 2.04. The van der Waals surface area contributed by atoms with Crippen molar-refractivity contribution in [3.05, 3.63) is 58.7 Å². The molecule has 0 aliphatic heterocycles. The smallest absolute Gasteiger partial charge is 0.336 e. The molecule has 2 rings (SSSR count). The number of unbranched alkanes of at least 4 members (excludes halogenated alkanes) is 1. The van der Waals surface area contributed by atoms with E-state index in [0.717, 1.165) is 24.3 Å². The van der Waals surface area contributed by atoms with E-state index >= 15 is 0 Å². The first kappa shape index (κ1) is 23.2. The molecule has 0 atom stereocenters. The number of hydrogen-bond acceptors (Lipinski definition) is 5. The minimum absolute atomic E-state index is 0.0539. The average Bonchev–Trinajstić information content (AvgIpc) is 2.67. The molecule has 2 aromatic rings. The highest BCUT2D eigenvalue weighted by molar-refractivity contribution is 6.02. The van der Waals surface area contributed by atoms with Crippen molar-refractivity contribution in [1.82, 2.24) is 0 Å². The number of carbonyl (C=O) groups is 4. The zero-order valence-corrected chi connectivity index (χ0v) is 15.7. The molecule has 0 saturated heterocycles. The second-order valence-corrected chi connectivity index (χ2v) is 5.74. The van der Waals surface area contributed by atoms with Crippen LogP contribution in [0.5, 0.6) is 11.5 Å². The topological polar surface area (TPSA) is 158 Å². The third-order valence-electron chi connectivity index (χ3n) is 3.64. The minimum atomic E-state index is -1.48. The van der Waals surface area contributed by atoms with Crippen LogP contribution in [0.2, 0.25) is 0 Å². The molecule has 4 N–H and O–H groups in total. The number of ether oxygens (including phenoxy) is 1. The average molecular weight is 404 g/mol. The van der Waals surface area contributed by atoms with Gasteiger partial charge in [-0.3, -0.25) is 0 Å². The van der Waals surface area contributed by atoms with E-state index in [-0.39, 0.29) is 11.5 Å². The maximum absolute atomic E-state index is 11.1. The summed E-state index contributed by atoms with van der Waals surface area (Å²) < 4.78 is 5.32. The van der Waals surface area contributed by atoms with E-state index in [4.69, 9.17) is 25.2 Å². The van der Waals surface area contributed by atoms with Gasteiger partial charge in [-0.15, -0.1) is 0 Å². The highest BCUT2D eigenvalue weighted by atomic mass is 16.5. The highest BCUT2D eigenvalue weighted by Gasteiger charge is 2.19. The number of benzene rings is 2. The number of hydrogen-bond donors (Lipinski definition) is 4. The molecule has 0 saturated carbocycles. The predicted molar refractivity (Wildman–Crippen MR) is 101 cm³/mol. The SMILES string of the molecule is CCCC.O=C(O)c1ccc(Oc2ccc(C(=O)O)c(C(=O)O)c2)cc1C(=O)O. The van der Waals surface area contributed by atoms with Crippen molar-refractivity contribution < 1.29 is 44.3 Å². The van der Waals surface area contributed by atoms with Crippen LogP contribution >= 0.6 is 0 Å². The van der Waals surface area contributed by atoms with Crippen LogP contribution in [0.1, 0.15) is 68.1 Å². The summed E-state index contributed by atoms with van der Waals surface area (Å²) in [6.45, 7) is 4.36. The molecule has 0 amide bonds. The molecule has 0 aliphatic carbocycles. The fraction of sp³-hybridized carbons (Fsp3) is 0.200. The molecule has 0 radical (unpaired) electrons. The Morgan fingerprint density at radius 1 is 0.621 bits per heavy atom. The first-order valence-electron chi connectivity index (χ1n) is 8.51. The normalized spacial score (nSPS) is 9.72. The largest absolute Gasteiger partial charge is 0.478 e. The molecular formula is C20H20O9. The molecule has 0 unspecified atom stereocenters. The Labute approximate surface area is 165 Å². The molecule has 154 valence electrons. The molecule has 0 bridgehead atoms. The first-order chi connectivity index (χ1) is 13.6. The van der Waals surface area contributed by atoms with Crippen LogP contribution in [0.3, 0.4) is 0 Å². The van der Waals surface area contributed by atoms with Gasteiger partial charge in [0.1, 0.15) is 11.5 Å². The van der Waals surface area contributed by atoms with Crippen molar-refractivity contribution in [3.8, 4) is 11.5 Å². The lowest BCUT2D eigenvalue weighted by Crippen LogP contribution is -2.09. The summed E-state index contributed by atoms with van der Waals surface area (Å²) in [6.07, 6.45) is 2.64. The molecule has 2 aromatic carbocycles. The summed E-state index contributed by atoms with van der Waals surface area (Å²) in [5, 5.41) is 36.0. The number of rotatable bonds is 7. The highest BCUT2D eigenvalue weighted by Crippen LogP contribution is 2.26. The Balaban J connectivity index is 0.000000960. The third kappa shape index (κ3) is 6.35. The van der Waals surface area contributed by atoms with Gasteiger partial charge in [0.05, 0.1) is 22.3 Å². The van der Waals surface area contributed by atoms with E-state index in [9.17, 15) is 19.2 Å². The standard InChI is InChI=1S/C16H10O9.C4H10/c17-13(18)9-3-1-7(5-11(9)15(21)22)25-8-2-4-10(14(19)20)12(6-8)16(23)24;1-3-4-2/h1-6H,(H,17,18)(H,19,20)(H,21,22)(H,23,24);3-4H2,1-2H3. The van der Waals surface area contributed by atoms with E-state index in [1.54, 1.807) is 0 Å². The Kier molecular flexibility index (Phi) is 8.35. The number of aromatic carboxylic acids is 4. The maximum Gasteiger partial charge on any atom is 0.336 e. The van der Waals surface area contributed by atoms with Gasteiger partial charge in [0.2, 0.25) is 0 Å². The fourth-order valence-corrected chi connectivity index (χ4v) is 2.04. The lowest BCUT2D eigenvalue weighted by Gasteiger charge is -2.10. The lowest BCUT2D eigenvalue weighted by atomic mass is 10.1. The second-order valence-electron chi connectivity index (χ2n) is 5.74. The third-order valence-corrected chi connectivity index (χ3v) is 3.64. The minimum Gasteiger partial charge on any atom is -0.478 e. The van der Waals surface area contributed by atoms with E-state index in [0.29, 0.717) is 0 Å². The molecule has 29 heavy (non-hydrogen) atoms. The molecule has 0 fully saturated rings. The Hall–Kier alpha value is -3.88. The van der Waals surface area contributed by atoms with Crippen LogP contribution in [-0.2, 0) is 0 Å². The molecule has 0 spiro atoms. The molecule has 9 heteroatoms. The number of carboxylic acid groups (broad SMARTS) is 4. The summed E-state index contributed by atoms with van der Waals surface area (Å²) in [7, 11) is 0. The number of carboxylic acids is 4. The molecular weight excluding hydrogens is 384 g/mol. The second kappa shape index (κ2) is 10.5. The van der Waals surface area contributed by atoms with Gasteiger partial charge in [-0.05, 0) is 36.4 Å². The van der Waals surface area contributed by atoms with Gasteiger partial charge in [-0.25, -0.2) is 19.2 Å². The summed E-state index contributed by atoms with van der Waals surface area (Å²) >= 11 is 0. The van der Waals surface area contributed by atoms with E-state index in [2.05, 4.69) is 13.8 Å². The van der Waals surface area contributed by atoms with Gasteiger partial charge in [-0.2, -0.15) is 0 Å². The van der Waals surface area contributed by atoms with Crippen molar-refractivity contribution in [1.29, 1.82) is 0 Å². The van der Waals surface area contributed by atoms with Crippen LogP contribution in [0.15, 0.2) is 36.4 Å². The van der Waals surface area contributed by atoms with Crippen molar-refractivity contribution in [2.24, 2.45) is 0 Å². The zero-order valence-electron chi connectivity index (χ0n) is 15.7. The van der Waals surface area contributed by atoms with Crippen LogP contribution in [0.4, 0.5) is 0 Å². The quantitative estimate of drug-likeness (QED) is 0.533. The van der Waals surface area contributed by atoms with Crippen LogP contribution in [-0.4, -0.2) is 44.3 Å². The van der Waals surface area contributed by atoms with Gasteiger partial charge in [0.15, 0.2) is 0 Å². The van der Waals surface area contributed by atoms with Gasteiger partial charge in [0, 0.05) is 0 Å². The van der Waals surface area contributed by atoms with Crippen LogP contribution in [0.25, 0.3) is 0 Å². The summed E-state index contributed by atoms with van der Waals surface area (Å²) in [5.74, 6) is -5.92. The predicted octanol–water partition coefficient (Wildman–Crippen LogP) is 4.08. The van der Waals surface area contributed by atoms with E-state index in [1.807, 2.05) is 0 Å². The van der Waals surface area contributed by atoms with Gasteiger partial charge >= 0.3 is 23.9 Å². The van der Waals surface area contributed by atoms with Gasteiger partial charge < -0.3 is 25.2 Å². The summed E-state index contributed by atoms with van der Waals surface area (Å²) in [5.41, 5.74) is -1.89. The van der Waals surface area contributed by atoms with Gasteiger partial charge in [-0.1, -0.05) is 26.7 Å². The molecule has 0 aromatic heterocycles. The molecule has 0 heterocycles. The Morgan fingerprint density at radius 2 is 0.931 bits per heavy atom. The van der Waals surface area contributed by atoms with Crippen molar-refractivity contribution in [3.63, 3.8) is 0 Å². The van der Waals surface area contributed by atoms with Crippen molar-refractivity contribution in [2.75, 3.05) is 0 Å². The van der Waals surface area contributed by atoms with Crippen LogP contribution in [0, 0.1) is 0 Å². The zero-order chi connectivity index (χ0) is 22.1. The van der Waals surface area contributed by atoms with E-state index < -0.39 is 46.1 Å².